The zero-order valence-electron chi connectivity index (χ0n) is 9.34. The van der Waals surface area contributed by atoms with E-state index in [1.165, 1.54) is 17.0 Å². The van der Waals surface area contributed by atoms with E-state index in [9.17, 15) is 4.39 Å². The number of halogens is 2. The standard InChI is InChI=1S/C12H12ClFN2S/c1-8-12(17-7-16-8)4-5-15-11-3-2-9(14)6-10(11)13/h2-3,6-7,15H,4-5H2,1H3. The van der Waals surface area contributed by atoms with E-state index in [1.807, 2.05) is 12.4 Å². The number of nitrogens with one attached hydrogen (secondary N) is 1. The fourth-order valence-electron chi connectivity index (χ4n) is 1.51. The van der Waals surface area contributed by atoms with Crippen LogP contribution in [0.3, 0.4) is 0 Å². The molecule has 0 unspecified atom stereocenters. The van der Waals surface area contributed by atoms with Gasteiger partial charge in [0.15, 0.2) is 0 Å². The molecule has 0 aliphatic carbocycles. The van der Waals surface area contributed by atoms with E-state index in [2.05, 4.69) is 10.3 Å². The molecule has 2 nitrogen and oxygen atoms in total. The Morgan fingerprint density at radius 1 is 1.47 bits per heavy atom. The van der Waals surface area contributed by atoms with Crippen molar-refractivity contribution < 1.29 is 4.39 Å². The minimum absolute atomic E-state index is 0.321. The Bertz CT molecular complexity index is 513. The van der Waals surface area contributed by atoms with Crippen LogP contribution in [0.15, 0.2) is 23.7 Å². The van der Waals surface area contributed by atoms with Crippen molar-refractivity contribution in [1.29, 1.82) is 0 Å². The lowest BCUT2D eigenvalue weighted by Crippen LogP contribution is -2.05. The SMILES string of the molecule is Cc1ncsc1CCNc1ccc(F)cc1Cl. The van der Waals surface area contributed by atoms with Gasteiger partial charge in [0.1, 0.15) is 5.82 Å². The third kappa shape index (κ3) is 3.17. The molecule has 2 rings (SSSR count). The third-order valence-electron chi connectivity index (χ3n) is 2.44. The Morgan fingerprint density at radius 3 is 2.94 bits per heavy atom. The highest BCUT2D eigenvalue weighted by atomic mass is 35.5. The van der Waals surface area contributed by atoms with Crippen molar-refractivity contribution in [3.8, 4) is 0 Å². The summed E-state index contributed by atoms with van der Waals surface area (Å²) in [5.74, 6) is -0.321. The zero-order chi connectivity index (χ0) is 12.3. The minimum Gasteiger partial charge on any atom is -0.383 e. The number of hydrogen-bond acceptors (Lipinski definition) is 3. The van der Waals surface area contributed by atoms with Crippen molar-refractivity contribution in [2.24, 2.45) is 0 Å². The smallest absolute Gasteiger partial charge is 0.124 e. The summed E-state index contributed by atoms with van der Waals surface area (Å²) in [6, 6.07) is 4.35. The highest BCUT2D eigenvalue weighted by molar-refractivity contribution is 7.09. The molecule has 1 aromatic carbocycles. The number of aromatic nitrogens is 1. The Balaban J connectivity index is 1.92. The molecule has 0 aliphatic rings. The van der Waals surface area contributed by atoms with Gasteiger partial charge in [-0.05, 0) is 25.1 Å². The molecular formula is C12H12ClFN2S. The fraction of sp³-hybridized carbons (Fsp3) is 0.250. The van der Waals surface area contributed by atoms with Gasteiger partial charge >= 0.3 is 0 Å². The highest BCUT2D eigenvalue weighted by Gasteiger charge is 2.03. The van der Waals surface area contributed by atoms with Crippen molar-refractivity contribution in [1.82, 2.24) is 4.98 Å². The van der Waals surface area contributed by atoms with Crippen LogP contribution in [0.4, 0.5) is 10.1 Å². The van der Waals surface area contributed by atoms with Crippen LogP contribution in [0.25, 0.3) is 0 Å². The number of aryl methyl sites for hydroxylation is 1. The Morgan fingerprint density at radius 2 is 2.29 bits per heavy atom. The van der Waals surface area contributed by atoms with Gasteiger partial charge in [0.25, 0.3) is 0 Å². The summed E-state index contributed by atoms with van der Waals surface area (Å²) >= 11 is 7.56. The fourth-order valence-corrected chi connectivity index (χ4v) is 2.52. The lowest BCUT2D eigenvalue weighted by molar-refractivity contribution is 0.628. The molecule has 90 valence electrons. The van der Waals surface area contributed by atoms with Gasteiger partial charge in [-0.3, -0.25) is 0 Å². The van der Waals surface area contributed by atoms with Crippen molar-refractivity contribution >= 4 is 28.6 Å². The first kappa shape index (κ1) is 12.3. The van der Waals surface area contributed by atoms with Crippen LogP contribution in [0.1, 0.15) is 10.6 Å². The predicted molar refractivity (Wildman–Crippen MR) is 70.5 cm³/mol. The van der Waals surface area contributed by atoms with E-state index in [0.29, 0.717) is 5.02 Å². The number of nitrogens with zero attached hydrogens (tertiary/aromatic N) is 1. The Hall–Kier alpha value is -1.13. The second-order valence-electron chi connectivity index (χ2n) is 3.66. The normalized spacial score (nSPS) is 10.5. The molecule has 0 saturated carbocycles. The van der Waals surface area contributed by atoms with E-state index in [-0.39, 0.29) is 5.82 Å². The van der Waals surface area contributed by atoms with Gasteiger partial charge in [-0.1, -0.05) is 11.6 Å². The van der Waals surface area contributed by atoms with E-state index < -0.39 is 0 Å². The maximum atomic E-state index is 12.8. The van der Waals surface area contributed by atoms with Crippen LogP contribution in [0.5, 0.6) is 0 Å². The monoisotopic (exact) mass is 270 g/mol. The molecule has 1 N–H and O–H groups in total. The van der Waals surface area contributed by atoms with E-state index in [0.717, 1.165) is 24.3 Å². The van der Waals surface area contributed by atoms with Crippen LogP contribution < -0.4 is 5.32 Å². The highest BCUT2D eigenvalue weighted by Crippen LogP contribution is 2.22. The van der Waals surface area contributed by atoms with Gasteiger partial charge in [0.05, 0.1) is 21.9 Å². The lowest BCUT2D eigenvalue weighted by atomic mass is 10.2. The molecule has 0 aliphatic heterocycles. The van der Waals surface area contributed by atoms with Crippen molar-refractivity contribution in [3.05, 3.63) is 45.1 Å². The maximum Gasteiger partial charge on any atom is 0.124 e. The summed E-state index contributed by atoms with van der Waals surface area (Å²) in [7, 11) is 0. The van der Waals surface area contributed by atoms with Gasteiger partial charge in [0, 0.05) is 17.8 Å². The molecule has 0 radical (unpaired) electrons. The van der Waals surface area contributed by atoms with Gasteiger partial charge in [0.2, 0.25) is 0 Å². The molecule has 0 atom stereocenters. The predicted octanol–water partition coefficient (Wildman–Crippen LogP) is 3.90. The number of anilines is 1. The summed E-state index contributed by atoms with van der Waals surface area (Å²) in [6.45, 7) is 2.76. The molecular weight excluding hydrogens is 259 g/mol. The van der Waals surface area contributed by atoms with Crippen molar-refractivity contribution in [2.45, 2.75) is 13.3 Å². The number of benzene rings is 1. The van der Waals surface area contributed by atoms with E-state index in [4.69, 9.17) is 11.6 Å². The molecule has 0 bridgehead atoms. The first-order valence-electron chi connectivity index (χ1n) is 5.24. The third-order valence-corrected chi connectivity index (χ3v) is 3.75. The average molecular weight is 271 g/mol. The summed E-state index contributed by atoms with van der Waals surface area (Å²) in [5.41, 5.74) is 3.67. The van der Waals surface area contributed by atoms with Crippen LogP contribution in [-0.4, -0.2) is 11.5 Å². The molecule has 0 saturated heterocycles. The average Bonchev–Trinajstić information content (AvgIpc) is 2.68. The van der Waals surface area contributed by atoms with Crippen LogP contribution in [0.2, 0.25) is 5.02 Å². The number of rotatable bonds is 4. The van der Waals surface area contributed by atoms with Gasteiger partial charge in [-0.2, -0.15) is 0 Å². The van der Waals surface area contributed by atoms with E-state index >= 15 is 0 Å². The Labute approximate surface area is 108 Å². The van der Waals surface area contributed by atoms with Gasteiger partial charge in [-0.15, -0.1) is 11.3 Å². The lowest BCUT2D eigenvalue weighted by Gasteiger charge is -2.07. The summed E-state index contributed by atoms with van der Waals surface area (Å²) in [4.78, 5) is 5.45. The van der Waals surface area contributed by atoms with Gasteiger partial charge in [-0.25, -0.2) is 9.37 Å². The Kier molecular flexibility index (Phi) is 3.97. The number of thiazole rings is 1. The van der Waals surface area contributed by atoms with Crippen LogP contribution in [-0.2, 0) is 6.42 Å². The topological polar surface area (TPSA) is 24.9 Å². The maximum absolute atomic E-state index is 12.8. The molecule has 0 spiro atoms. The van der Waals surface area contributed by atoms with Crippen molar-refractivity contribution in [3.63, 3.8) is 0 Å². The molecule has 2 aromatic rings. The molecule has 0 amide bonds. The molecule has 1 aromatic heterocycles. The second kappa shape index (κ2) is 5.47. The molecule has 5 heteroatoms. The second-order valence-corrected chi connectivity index (χ2v) is 5.01. The zero-order valence-corrected chi connectivity index (χ0v) is 10.9. The van der Waals surface area contributed by atoms with E-state index in [1.54, 1.807) is 17.4 Å². The quantitative estimate of drug-likeness (QED) is 0.911. The van der Waals surface area contributed by atoms with Crippen molar-refractivity contribution in [2.75, 3.05) is 11.9 Å². The van der Waals surface area contributed by atoms with Crippen LogP contribution >= 0.6 is 22.9 Å². The summed E-state index contributed by atoms with van der Waals surface area (Å²) in [5, 5.41) is 3.59. The minimum atomic E-state index is -0.321. The molecule has 17 heavy (non-hydrogen) atoms. The summed E-state index contributed by atoms with van der Waals surface area (Å²) in [6.07, 6.45) is 0.893. The largest absolute Gasteiger partial charge is 0.383 e. The van der Waals surface area contributed by atoms with Crippen LogP contribution in [0, 0.1) is 12.7 Å². The first-order chi connectivity index (χ1) is 8.16. The molecule has 0 fully saturated rings. The first-order valence-corrected chi connectivity index (χ1v) is 6.50. The van der Waals surface area contributed by atoms with Gasteiger partial charge < -0.3 is 5.32 Å². The molecule has 1 heterocycles. The number of hydrogen-bond donors (Lipinski definition) is 1. The summed E-state index contributed by atoms with van der Waals surface area (Å²) < 4.78 is 12.8.